The first-order valence-electron chi connectivity index (χ1n) is 14.6. The van der Waals surface area contributed by atoms with Gasteiger partial charge in [-0.3, -0.25) is 19.7 Å². The van der Waals surface area contributed by atoms with E-state index < -0.39 is 22.3 Å². The number of rotatable bonds is 8. The third-order valence-corrected chi connectivity index (χ3v) is 8.57. The van der Waals surface area contributed by atoms with Gasteiger partial charge in [0.1, 0.15) is 34.3 Å². The van der Waals surface area contributed by atoms with Gasteiger partial charge in [0.25, 0.3) is 17.5 Å². The number of nitrogens with zero attached hydrogens (tertiary/aromatic N) is 5. The summed E-state index contributed by atoms with van der Waals surface area (Å²) in [5.41, 5.74) is 1.76. The Morgan fingerprint density at radius 3 is 2.39 bits per heavy atom. The summed E-state index contributed by atoms with van der Waals surface area (Å²) in [5, 5.41) is 18.7. The molecular formula is C32H30ClFN6O6. The van der Waals surface area contributed by atoms with Crippen LogP contribution in [0.25, 0.3) is 11.3 Å². The van der Waals surface area contributed by atoms with Gasteiger partial charge in [-0.15, -0.1) is 0 Å². The summed E-state index contributed by atoms with van der Waals surface area (Å²) in [6.07, 6.45) is 0.974. The van der Waals surface area contributed by atoms with Gasteiger partial charge in [-0.05, 0) is 49.7 Å². The van der Waals surface area contributed by atoms with E-state index in [2.05, 4.69) is 10.5 Å². The molecule has 46 heavy (non-hydrogen) atoms. The van der Waals surface area contributed by atoms with E-state index >= 15 is 0 Å². The van der Waals surface area contributed by atoms with E-state index in [9.17, 15) is 24.1 Å². The maximum atomic E-state index is 14.7. The second-order valence-electron chi connectivity index (χ2n) is 11.0. The second kappa shape index (κ2) is 12.7. The van der Waals surface area contributed by atoms with Crippen molar-refractivity contribution in [3.05, 3.63) is 92.4 Å². The summed E-state index contributed by atoms with van der Waals surface area (Å²) >= 11 is 6.51. The molecule has 0 spiro atoms. The Bertz CT molecular complexity index is 1840. The summed E-state index contributed by atoms with van der Waals surface area (Å²) in [6.45, 7) is 4.50. The fraction of sp³-hybridized carbons (Fsp3) is 0.281. The summed E-state index contributed by atoms with van der Waals surface area (Å²) in [6, 6.07) is 14.0. The van der Waals surface area contributed by atoms with Gasteiger partial charge in [-0.1, -0.05) is 28.9 Å². The lowest BCUT2D eigenvalue weighted by Gasteiger charge is -2.36. The molecule has 2 saturated heterocycles. The summed E-state index contributed by atoms with van der Waals surface area (Å²) in [4.78, 5) is 43.4. The molecule has 1 aromatic heterocycles. The average molecular weight is 649 g/mol. The van der Waals surface area contributed by atoms with Crippen molar-refractivity contribution < 1.29 is 28.2 Å². The third-order valence-electron chi connectivity index (χ3n) is 8.26. The highest BCUT2D eigenvalue weighted by molar-refractivity contribution is 6.33. The Morgan fingerprint density at radius 2 is 1.74 bits per heavy atom. The van der Waals surface area contributed by atoms with Crippen LogP contribution in [0.15, 0.2) is 59.1 Å². The molecule has 0 aliphatic carbocycles. The SMILES string of the molecule is COc1ccccc1-c1noc(C)c1C(=O)N1CCN(c2cc(NC(=O)c3ccc(N4CCC4)c(F)c3)c([N+](=O)[O-])cc2Cl)CC1. The fourth-order valence-electron chi connectivity index (χ4n) is 5.66. The van der Waals surface area contributed by atoms with Crippen molar-refractivity contribution in [2.45, 2.75) is 13.3 Å². The lowest BCUT2D eigenvalue weighted by molar-refractivity contribution is -0.383. The number of piperazine rings is 1. The van der Waals surface area contributed by atoms with Gasteiger partial charge in [0, 0.05) is 56.5 Å². The predicted molar refractivity (Wildman–Crippen MR) is 171 cm³/mol. The molecule has 12 nitrogen and oxygen atoms in total. The number of nitro groups is 1. The second-order valence-corrected chi connectivity index (χ2v) is 11.4. The number of carbonyl (C=O) groups is 2. The molecule has 0 atom stereocenters. The van der Waals surface area contributed by atoms with Crippen LogP contribution in [0.2, 0.25) is 5.02 Å². The molecular weight excluding hydrogens is 619 g/mol. The number of para-hydroxylation sites is 1. The van der Waals surface area contributed by atoms with Gasteiger partial charge in [0.2, 0.25) is 0 Å². The number of methoxy groups -OCH3 is 1. The first-order valence-corrected chi connectivity index (χ1v) is 15.0. The van der Waals surface area contributed by atoms with E-state index in [-0.39, 0.29) is 22.2 Å². The zero-order chi connectivity index (χ0) is 32.5. The number of carbonyl (C=O) groups excluding carboxylic acids is 2. The van der Waals surface area contributed by atoms with Crippen LogP contribution in [0.3, 0.4) is 0 Å². The third kappa shape index (κ3) is 5.81. The van der Waals surface area contributed by atoms with Crippen molar-refractivity contribution in [3.8, 4) is 17.0 Å². The first-order chi connectivity index (χ1) is 22.2. The lowest BCUT2D eigenvalue weighted by atomic mass is 10.0. The Kier molecular flexibility index (Phi) is 8.50. The number of nitrogens with one attached hydrogen (secondary N) is 1. The van der Waals surface area contributed by atoms with E-state index in [4.69, 9.17) is 20.9 Å². The van der Waals surface area contributed by atoms with Crippen LogP contribution in [0, 0.1) is 22.9 Å². The molecule has 2 fully saturated rings. The number of benzene rings is 3. The predicted octanol–water partition coefficient (Wildman–Crippen LogP) is 5.78. The highest BCUT2D eigenvalue weighted by Gasteiger charge is 2.31. The quantitative estimate of drug-likeness (QED) is 0.186. The topological polar surface area (TPSA) is 134 Å². The molecule has 2 amide bonds. The van der Waals surface area contributed by atoms with Crippen molar-refractivity contribution in [1.29, 1.82) is 0 Å². The van der Waals surface area contributed by atoms with Crippen LogP contribution in [-0.2, 0) is 0 Å². The number of aryl methyl sites for hydroxylation is 1. The Hall–Kier alpha value is -5.17. The van der Waals surface area contributed by atoms with Gasteiger partial charge < -0.3 is 29.3 Å². The zero-order valence-corrected chi connectivity index (χ0v) is 25.8. The van der Waals surface area contributed by atoms with E-state index in [0.717, 1.165) is 25.6 Å². The van der Waals surface area contributed by atoms with E-state index in [1.165, 1.54) is 31.4 Å². The van der Waals surface area contributed by atoms with Crippen LogP contribution < -0.4 is 19.9 Å². The van der Waals surface area contributed by atoms with Crippen LogP contribution in [0.4, 0.5) is 27.1 Å². The smallest absolute Gasteiger partial charge is 0.294 e. The minimum absolute atomic E-state index is 0.0243. The van der Waals surface area contributed by atoms with Gasteiger partial charge in [0.05, 0.1) is 28.4 Å². The van der Waals surface area contributed by atoms with Crippen molar-refractivity contribution >= 4 is 46.2 Å². The fourth-order valence-corrected chi connectivity index (χ4v) is 5.94. The molecule has 3 heterocycles. The van der Waals surface area contributed by atoms with Gasteiger partial charge >= 0.3 is 0 Å². The molecule has 6 rings (SSSR count). The molecule has 2 aliphatic rings. The van der Waals surface area contributed by atoms with E-state index in [1.807, 2.05) is 21.9 Å². The molecule has 0 radical (unpaired) electrons. The molecule has 0 unspecified atom stereocenters. The number of ether oxygens (including phenoxy) is 1. The van der Waals surface area contributed by atoms with Gasteiger partial charge in [-0.2, -0.15) is 0 Å². The van der Waals surface area contributed by atoms with Gasteiger partial charge in [-0.25, -0.2) is 4.39 Å². The number of halogens is 2. The number of hydrogen-bond donors (Lipinski definition) is 1. The van der Waals surface area contributed by atoms with Crippen LogP contribution in [-0.4, -0.2) is 73.2 Å². The van der Waals surface area contributed by atoms with Crippen molar-refractivity contribution in [2.24, 2.45) is 0 Å². The molecule has 238 valence electrons. The molecule has 2 aliphatic heterocycles. The van der Waals surface area contributed by atoms with Crippen LogP contribution in [0.1, 0.15) is 32.9 Å². The molecule has 4 aromatic rings. The maximum absolute atomic E-state index is 14.7. The number of aromatic nitrogens is 1. The largest absolute Gasteiger partial charge is 0.496 e. The minimum Gasteiger partial charge on any atom is -0.496 e. The highest BCUT2D eigenvalue weighted by atomic mass is 35.5. The Balaban J connectivity index is 1.19. The average Bonchev–Trinajstić information content (AvgIpc) is 3.42. The van der Waals surface area contributed by atoms with Crippen LogP contribution in [0.5, 0.6) is 5.75 Å². The normalized spacial score (nSPS) is 14.6. The number of anilines is 3. The summed E-state index contributed by atoms with van der Waals surface area (Å²) in [5.74, 6) is -0.561. The van der Waals surface area contributed by atoms with Crippen molar-refractivity contribution in [1.82, 2.24) is 10.1 Å². The summed E-state index contributed by atoms with van der Waals surface area (Å²) < 4.78 is 25.6. The van der Waals surface area contributed by atoms with E-state index in [1.54, 1.807) is 24.0 Å². The Morgan fingerprint density at radius 1 is 1.02 bits per heavy atom. The molecule has 0 saturated carbocycles. The number of hydrogen-bond acceptors (Lipinski definition) is 9. The molecule has 1 N–H and O–H groups in total. The van der Waals surface area contributed by atoms with Crippen LogP contribution >= 0.6 is 11.6 Å². The number of amides is 2. The molecule has 14 heteroatoms. The highest BCUT2D eigenvalue weighted by Crippen LogP contribution is 2.38. The maximum Gasteiger partial charge on any atom is 0.294 e. The zero-order valence-electron chi connectivity index (χ0n) is 25.1. The molecule has 3 aromatic carbocycles. The first kappa shape index (κ1) is 30.8. The summed E-state index contributed by atoms with van der Waals surface area (Å²) in [7, 11) is 1.54. The molecule has 0 bridgehead atoms. The van der Waals surface area contributed by atoms with E-state index in [0.29, 0.717) is 65.9 Å². The Labute approximate surface area is 268 Å². The van der Waals surface area contributed by atoms with Crippen molar-refractivity contribution in [2.75, 3.05) is 61.5 Å². The van der Waals surface area contributed by atoms with Gasteiger partial charge in [0.15, 0.2) is 0 Å². The lowest BCUT2D eigenvalue weighted by Crippen LogP contribution is -2.49. The minimum atomic E-state index is -0.698. The monoisotopic (exact) mass is 648 g/mol. The van der Waals surface area contributed by atoms with Crippen molar-refractivity contribution in [3.63, 3.8) is 0 Å². The standard InChI is InChI=1S/C32H30ClFN6O6/c1-19-29(30(36-46-19)21-6-3-4-7-28(21)45-2)32(42)39-14-12-38(13-15-39)26-18-24(27(40(43)44)17-22(26)33)35-31(41)20-8-9-25(23(34)16-20)37-10-5-11-37/h3-4,6-9,16-18H,5,10-15H2,1-2H3,(H,35,41). The number of nitro benzene ring substituents is 1.